The Labute approximate surface area is 110 Å². The van der Waals surface area contributed by atoms with Gasteiger partial charge in [0.05, 0.1) is 18.8 Å². The molecule has 7 nitrogen and oxygen atoms in total. The Morgan fingerprint density at radius 2 is 2.37 bits per heavy atom. The molecule has 2 aromatic heterocycles. The lowest BCUT2D eigenvalue weighted by Crippen LogP contribution is -2.10. The van der Waals surface area contributed by atoms with Crippen LogP contribution in [0.1, 0.15) is 28.8 Å². The van der Waals surface area contributed by atoms with Crippen molar-refractivity contribution in [3.8, 4) is 6.07 Å². The van der Waals surface area contributed by atoms with Crippen molar-refractivity contribution in [2.24, 2.45) is 7.05 Å². The molecule has 0 N–H and O–H groups in total. The van der Waals surface area contributed by atoms with E-state index in [-0.39, 0.29) is 5.82 Å². The third-order valence-electron chi connectivity index (χ3n) is 2.54. The molecular formula is C12H13N5O2. The normalized spacial score (nSPS) is 10.2. The molecule has 0 radical (unpaired) electrons. The van der Waals surface area contributed by atoms with E-state index in [0.717, 1.165) is 0 Å². The minimum atomic E-state index is -0.413. The zero-order chi connectivity index (χ0) is 13.8. The van der Waals surface area contributed by atoms with E-state index in [0.29, 0.717) is 24.4 Å². The summed E-state index contributed by atoms with van der Waals surface area (Å²) in [5.74, 6) is -0.135. The predicted molar refractivity (Wildman–Crippen MR) is 65.2 cm³/mol. The van der Waals surface area contributed by atoms with Crippen molar-refractivity contribution in [3.63, 3.8) is 0 Å². The largest absolute Gasteiger partial charge is 0.462 e. The number of aryl methyl sites for hydroxylation is 1. The number of carbonyl (C=O) groups excluding carboxylic acids is 1. The van der Waals surface area contributed by atoms with E-state index in [1.165, 1.54) is 6.20 Å². The lowest BCUT2D eigenvalue weighted by molar-refractivity contribution is 0.0525. The van der Waals surface area contributed by atoms with Crippen LogP contribution in [0.5, 0.6) is 0 Å². The highest BCUT2D eigenvalue weighted by molar-refractivity contribution is 5.90. The van der Waals surface area contributed by atoms with Gasteiger partial charge in [0.2, 0.25) is 5.82 Å². The Morgan fingerprint density at radius 3 is 3.05 bits per heavy atom. The molecule has 0 atom stereocenters. The Kier molecular flexibility index (Phi) is 3.61. The van der Waals surface area contributed by atoms with E-state index < -0.39 is 5.97 Å². The smallest absolute Gasteiger partial charge is 0.341 e. The number of aromatic nitrogens is 4. The molecule has 0 saturated carbocycles. The van der Waals surface area contributed by atoms with Crippen molar-refractivity contribution in [1.29, 1.82) is 5.26 Å². The van der Waals surface area contributed by atoms with Crippen molar-refractivity contribution in [1.82, 2.24) is 19.3 Å². The standard InChI is InChI=1S/C12H13N5O2/c1-3-19-12(18)9-7-16(2)15-10(9)8-17-5-4-14-11(17)6-13/h4-5,7H,3,8H2,1-2H3. The van der Waals surface area contributed by atoms with Crippen molar-refractivity contribution in [2.45, 2.75) is 13.5 Å². The SMILES string of the molecule is CCOC(=O)c1cn(C)nc1Cn1ccnc1C#N. The molecule has 0 aromatic carbocycles. The van der Waals surface area contributed by atoms with Crippen LogP contribution in [0.3, 0.4) is 0 Å². The maximum atomic E-state index is 11.8. The van der Waals surface area contributed by atoms with Crippen LogP contribution in [-0.4, -0.2) is 31.9 Å². The summed E-state index contributed by atoms with van der Waals surface area (Å²) < 4.78 is 8.15. The second-order valence-electron chi connectivity index (χ2n) is 3.87. The predicted octanol–water partition coefficient (Wildman–Crippen LogP) is 0.713. The van der Waals surface area contributed by atoms with Gasteiger partial charge in [0, 0.05) is 25.6 Å². The summed E-state index contributed by atoms with van der Waals surface area (Å²) in [6.45, 7) is 2.36. The van der Waals surface area contributed by atoms with E-state index in [2.05, 4.69) is 10.1 Å². The van der Waals surface area contributed by atoms with Crippen LogP contribution in [0.25, 0.3) is 0 Å². The van der Waals surface area contributed by atoms with Crippen LogP contribution < -0.4 is 0 Å². The number of carbonyl (C=O) groups is 1. The fraction of sp³-hybridized carbons (Fsp3) is 0.333. The Balaban J connectivity index is 2.30. The van der Waals surface area contributed by atoms with Crippen LogP contribution in [0, 0.1) is 11.3 Å². The van der Waals surface area contributed by atoms with Crippen LogP contribution in [0.15, 0.2) is 18.6 Å². The summed E-state index contributed by atoms with van der Waals surface area (Å²) in [6, 6.07) is 1.98. The molecule has 0 saturated heterocycles. The molecule has 0 aliphatic rings. The first-order valence-corrected chi connectivity index (χ1v) is 5.76. The highest BCUT2D eigenvalue weighted by atomic mass is 16.5. The number of ether oxygens (including phenoxy) is 1. The third kappa shape index (κ3) is 2.63. The minimum Gasteiger partial charge on any atom is -0.462 e. The Hall–Kier alpha value is -2.62. The number of imidazole rings is 1. The molecule has 0 spiro atoms. The van der Waals surface area contributed by atoms with Gasteiger partial charge in [0.1, 0.15) is 11.6 Å². The second-order valence-corrected chi connectivity index (χ2v) is 3.87. The minimum absolute atomic E-state index is 0.278. The number of nitriles is 1. The number of rotatable bonds is 4. The molecule has 2 aromatic rings. The first kappa shape index (κ1) is 12.8. The first-order valence-electron chi connectivity index (χ1n) is 5.76. The highest BCUT2D eigenvalue weighted by Crippen LogP contribution is 2.11. The Morgan fingerprint density at radius 1 is 1.58 bits per heavy atom. The van der Waals surface area contributed by atoms with Gasteiger partial charge in [0.25, 0.3) is 0 Å². The quantitative estimate of drug-likeness (QED) is 0.755. The van der Waals surface area contributed by atoms with Gasteiger partial charge < -0.3 is 9.30 Å². The van der Waals surface area contributed by atoms with E-state index in [1.807, 2.05) is 6.07 Å². The molecular weight excluding hydrogens is 246 g/mol. The number of hydrogen-bond donors (Lipinski definition) is 0. The fourth-order valence-electron chi connectivity index (χ4n) is 1.74. The number of esters is 1. The van der Waals surface area contributed by atoms with E-state index in [1.54, 1.807) is 35.6 Å². The molecule has 0 aliphatic carbocycles. The van der Waals surface area contributed by atoms with Crippen molar-refractivity contribution >= 4 is 5.97 Å². The molecule has 2 heterocycles. The average molecular weight is 259 g/mol. The molecule has 19 heavy (non-hydrogen) atoms. The topological polar surface area (TPSA) is 85.7 Å². The molecule has 0 fully saturated rings. The number of nitrogens with zero attached hydrogens (tertiary/aromatic N) is 5. The summed E-state index contributed by atoms with van der Waals surface area (Å²) in [5.41, 5.74) is 0.956. The van der Waals surface area contributed by atoms with E-state index in [4.69, 9.17) is 10.00 Å². The van der Waals surface area contributed by atoms with Gasteiger partial charge in [-0.3, -0.25) is 4.68 Å². The van der Waals surface area contributed by atoms with Crippen LogP contribution >= 0.6 is 0 Å². The maximum absolute atomic E-state index is 11.8. The molecule has 0 unspecified atom stereocenters. The highest BCUT2D eigenvalue weighted by Gasteiger charge is 2.17. The van der Waals surface area contributed by atoms with Crippen LogP contribution in [0.4, 0.5) is 0 Å². The van der Waals surface area contributed by atoms with Crippen LogP contribution in [0.2, 0.25) is 0 Å². The van der Waals surface area contributed by atoms with Gasteiger partial charge in [-0.25, -0.2) is 9.78 Å². The average Bonchev–Trinajstić information content (AvgIpc) is 2.96. The fourth-order valence-corrected chi connectivity index (χ4v) is 1.74. The zero-order valence-corrected chi connectivity index (χ0v) is 10.7. The first-order chi connectivity index (χ1) is 9.15. The van der Waals surface area contributed by atoms with Gasteiger partial charge in [0.15, 0.2) is 0 Å². The van der Waals surface area contributed by atoms with Crippen molar-refractivity contribution in [2.75, 3.05) is 6.61 Å². The van der Waals surface area contributed by atoms with E-state index >= 15 is 0 Å². The summed E-state index contributed by atoms with van der Waals surface area (Å²) in [7, 11) is 1.73. The lowest BCUT2D eigenvalue weighted by atomic mass is 10.2. The van der Waals surface area contributed by atoms with Gasteiger partial charge in [-0.05, 0) is 6.92 Å². The summed E-state index contributed by atoms with van der Waals surface area (Å²) >= 11 is 0. The van der Waals surface area contributed by atoms with Crippen molar-refractivity contribution in [3.05, 3.63) is 35.7 Å². The maximum Gasteiger partial charge on any atom is 0.341 e. The van der Waals surface area contributed by atoms with E-state index in [9.17, 15) is 4.79 Å². The molecule has 98 valence electrons. The monoisotopic (exact) mass is 259 g/mol. The number of hydrogen-bond acceptors (Lipinski definition) is 5. The van der Waals surface area contributed by atoms with Crippen molar-refractivity contribution < 1.29 is 9.53 Å². The summed E-state index contributed by atoms with van der Waals surface area (Å²) in [4.78, 5) is 15.7. The molecule has 0 amide bonds. The van der Waals surface area contributed by atoms with Gasteiger partial charge in [-0.2, -0.15) is 10.4 Å². The molecule has 0 aliphatic heterocycles. The van der Waals surface area contributed by atoms with Gasteiger partial charge in [-0.1, -0.05) is 0 Å². The summed E-state index contributed by atoms with van der Waals surface area (Å²) in [5, 5.41) is 13.1. The lowest BCUT2D eigenvalue weighted by Gasteiger charge is -2.03. The van der Waals surface area contributed by atoms with Gasteiger partial charge >= 0.3 is 5.97 Å². The Bertz CT molecular complexity index is 635. The molecule has 0 bridgehead atoms. The third-order valence-corrected chi connectivity index (χ3v) is 2.54. The molecule has 7 heteroatoms. The van der Waals surface area contributed by atoms with Crippen LogP contribution in [-0.2, 0) is 18.3 Å². The summed E-state index contributed by atoms with van der Waals surface area (Å²) in [6.07, 6.45) is 4.81. The molecule has 2 rings (SSSR count). The zero-order valence-electron chi connectivity index (χ0n) is 10.7. The van der Waals surface area contributed by atoms with Gasteiger partial charge in [-0.15, -0.1) is 0 Å². The second kappa shape index (κ2) is 5.35.